The van der Waals surface area contributed by atoms with Gasteiger partial charge in [0.15, 0.2) is 0 Å². The van der Waals surface area contributed by atoms with Gasteiger partial charge in [0.2, 0.25) is 0 Å². The van der Waals surface area contributed by atoms with Crippen molar-refractivity contribution in [1.29, 1.82) is 0 Å². The Morgan fingerprint density at radius 2 is 1.83 bits per heavy atom. The molecule has 2 aromatic carbocycles. The quantitative estimate of drug-likeness (QED) is 0.858. The second kappa shape index (κ2) is 6.01. The number of hydrogen-bond acceptors (Lipinski definition) is 1. The molecule has 0 aliphatic heterocycles. The molecule has 0 aliphatic carbocycles. The lowest BCUT2D eigenvalue weighted by molar-refractivity contribution is 0.627. The molecule has 2 rings (SSSR count). The van der Waals surface area contributed by atoms with Gasteiger partial charge in [-0.3, -0.25) is 0 Å². The van der Waals surface area contributed by atoms with E-state index in [4.69, 9.17) is 0 Å². The van der Waals surface area contributed by atoms with Gasteiger partial charge in [-0.25, -0.2) is 4.39 Å². The molecule has 0 fully saturated rings. The van der Waals surface area contributed by atoms with E-state index in [9.17, 15) is 4.39 Å². The Balaban J connectivity index is 2.08. The summed E-state index contributed by atoms with van der Waals surface area (Å²) >= 11 is 3.47. The molecule has 0 aromatic heterocycles. The van der Waals surface area contributed by atoms with Gasteiger partial charge < -0.3 is 5.32 Å². The van der Waals surface area contributed by atoms with Crippen molar-refractivity contribution in [2.75, 3.05) is 5.32 Å². The van der Waals surface area contributed by atoms with Gasteiger partial charge in [-0.2, -0.15) is 0 Å². The average molecular weight is 308 g/mol. The van der Waals surface area contributed by atoms with Crippen molar-refractivity contribution in [3.05, 3.63) is 63.9 Å². The van der Waals surface area contributed by atoms with Gasteiger partial charge in [0.05, 0.1) is 0 Å². The van der Waals surface area contributed by atoms with Crippen LogP contribution in [0.5, 0.6) is 0 Å². The molecule has 18 heavy (non-hydrogen) atoms. The Morgan fingerprint density at radius 3 is 2.50 bits per heavy atom. The monoisotopic (exact) mass is 307 g/mol. The molecule has 0 aliphatic rings. The second-order valence-corrected chi connectivity index (χ2v) is 5.05. The fourth-order valence-corrected chi connectivity index (χ4v) is 2.24. The summed E-state index contributed by atoms with van der Waals surface area (Å²) in [5.74, 6) is -0.198. The number of aryl methyl sites for hydroxylation is 1. The molecule has 0 radical (unpaired) electrons. The van der Waals surface area contributed by atoms with Crippen molar-refractivity contribution in [3.63, 3.8) is 0 Å². The summed E-state index contributed by atoms with van der Waals surface area (Å²) in [6, 6.07) is 12.8. The third kappa shape index (κ3) is 3.33. The Kier molecular flexibility index (Phi) is 4.37. The fraction of sp³-hybridized carbons (Fsp3) is 0.200. The van der Waals surface area contributed by atoms with E-state index in [-0.39, 0.29) is 5.82 Å². The lowest BCUT2D eigenvalue weighted by atomic mass is 10.1. The molecule has 0 saturated heterocycles. The van der Waals surface area contributed by atoms with Crippen LogP contribution in [0.1, 0.15) is 18.1 Å². The molecule has 1 nitrogen and oxygen atoms in total. The molecule has 0 heterocycles. The summed E-state index contributed by atoms with van der Waals surface area (Å²) in [5, 5.41) is 3.38. The van der Waals surface area contributed by atoms with Crippen LogP contribution in [-0.2, 0) is 13.0 Å². The molecule has 3 heteroatoms. The predicted molar refractivity (Wildman–Crippen MR) is 77.2 cm³/mol. The van der Waals surface area contributed by atoms with Crippen LogP contribution in [0.15, 0.2) is 46.9 Å². The third-order valence-corrected chi connectivity index (χ3v) is 3.34. The van der Waals surface area contributed by atoms with Gasteiger partial charge in [0.25, 0.3) is 0 Å². The molecule has 0 unspecified atom stereocenters. The van der Waals surface area contributed by atoms with Crippen LogP contribution in [0.2, 0.25) is 0 Å². The summed E-state index contributed by atoms with van der Waals surface area (Å²) in [7, 11) is 0. The maximum absolute atomic E-state index is 12.8. The van der Waals surface area contributed by atoms with Crippen LogP contribution in [-0.4, -0.2) is 0 Å². The smallest absolute Gasteiger partial charge is 0.123 e. The van der Waals surface area contributed by atoms with Gasteiger partial charge in [-0.1, -0.05) is 35.0 Å². The number of halogens is 2. The summed E-state index contributed by atoms with van der Waals surface area (Å²) in [4.78, 5) is 0. The lowest BCUT2D eigenvalue weighted by Gasteiger charge is -2.11. The van der Waals surface area contributed by atoms with Gasteiger partial charge in [-0.05, 0) is 47.9 Å². The first-order valence-corrected chi connectivity index (χ1v) is 6.75. The zero-order chi connectivity index (χ0) is 13.0. The number of rotatable bonds is 4. The molecule has 0 saturated carbocycles. The predicted octanol–water partition coefficient (Wildman–Crippen LogP) is 4.76. The van der Waals surface area contributed by atoms with E-state index < -0.39 is 0 Å². The highest BCUT2D eigenvalue weighted by atomic mass is 79.9. The highest BCUT2D eigenvalue weighted by Crippen LogP contribution is 2.22. The SMILES string of the molecule is CCc1cc(Br)ccc1NCc1ccc(F)cc1. The molecule has 0 atom stereocenters. The topological polar surface area (TPSA) is 12.0 Å². The minimum absolute atomic E-state index is 0.198. The van der Waals surface area contributed by atoms with Gasteiger partial charge in [0, 0.05) is 16.7 Å². The maximum atomic E-state index is 12.8. The molecular weight excluding hydrogens is 293 g/mol. The van der Waals surface area contributed by atoms with Gasteiger partial charge in [-0.15, -0.1) is 0 Å². The first-order chi connectivity index (χ1) is 8.69. The van der Waals surface area contributed by atoms with E-state index in [2.05, 4.69) is 40.3 Å². The van der Waals surface area contributed by atoms with Crippen molar-refractivity contribution < 1.29 is 4.39 Å². The van der Waals surface area contributed by atoms with Crippen molar-refractivity contribution in [3.8, 4) is 0 Å². The Bertz CT molecular complexity index is 523. The fourth-order valence-electron chi connectivity index (χ4n) is 1.83. The summed E-state index contributed by atoms with van der Waals surface area (Å²) in [6.07, 6.45) is 0.977. The van der Waals surface area contributed by atoms with Crippen molar-refractivity contribution in [1.82, 2.24) is 0 Å². The number of anilines is 1. The van der Waals surface area contributed by atoms with Crippen LogP contribution in [0, 0.1) is 5.82 Å². The van der Waals surface area contributed by atoms with E-state index >= 15 is 0 Å². The Hall–Kier alpha value is -1.35. The minimum Gasteiger partial charge on any atom is -0.381 e. The van der Waals surface area contributed by atoms with Crippen LogP contribution >= 0.6 is 15.9 Å². The minimum atomic E-state index is -0.198. The highest BCUT2D eigenvalue weighted by molar-refractivity contribution is 9.10. The normalized spacial score (nSPS) is 10.4. The number of hydrogen-bond donors (Lipinski definition) is 1. The maximum Gasteiger partial charge on any atom is 0.123 e. The lowest BCUT2D eigenvalue weighted by Crippen LogP contribution is -2.02. The van der Waals surface area contributed by atoms with E-state index in [1.807, 2.05) is 6.07 Å². The zero-order valence-corrected chi connectivity index (χ0v) is 11.8. The first-order valence-electron chi connectivity index (χ1n) is 5.96. The zero-order valence-electron chi connectivity index (χ0n) is 10.2. The first kappa shape index (κ1) is 13.1. The van der Waals surface area contributed by atoms with E-state index in [0.717, 1.165) is 22.1 Å². The molecule has 94 valence electrons. The van der Waals surface area contributed by atoms with Crippen LogP contribution in [0.4, 0.5) is 10.1 Å². The molecule has 0 spiro atoms. The number of nitrogens with one attached hydrogen (secondary N) is 1. The van der Waals surface area contributed by atoms with E-state index in [1.54, 1.807) is 12.1 Å². The van der Waals surface area contributed by atoms with E-state index in [1.165, 1.54) is 17.7 Å². The Morgan fingerprint density at radius 1 is 1.11 bits per heavy atom. The summed E-state index contributed by atoms with van der Waals surface area (Å²) in [5.41, 5.74) is 3.47. The largest absolute Gasteiger partial charge is 0.381 e. The van der Waals surface area contributed by atoms with Crippen LogP contribution in [0.3, 0.4) is 0 Å². The van der Waals surface area contributed by atoms with Gasteiger partial charge in [0.1, 0.15) is 5.82 Å². The van der Waals surface area contributed by atoms with Crippen molar-refractivity contribution in [2.45, 2.75) is 19.9 Å². The van der Waals surface area contributed by atoms with Crippen molar-refractivity contribution >= 4 is 21.6 Å². The van der Waals surface area contributed by atoms with Gasteiger partial charge >= 0.3 is 0 Å². The number of benzene rings is 2. The summed E-state index contributed by atoms with van der Waals surface area (Å²) in [6.45, 7) is 2.83. The molecule has 0 bridgehead atoms. The molecule has 2 aromatic rings. The third-order valence-electron chi connectivity index (χ3n) is 2.84. The summed E-state index contributed by atoms with van der Waals surface area (Å²) < 4.78 is 13.9. The van der Waals surface area contributed by atoms with E-state index in [0.29, 0.717) is 6.54 Å². The molecule has 0 amide bonds. The molecule has 1 N–H and O–H groups in total. The average Bonchev–Trinajstić information content (AvgIpc) is 2.39. The van der Waals surface area contributed by atoms with Crippen LogP contribution in [0.25, 0.3) is 0 Å². The molecular formula is C15H15BrFN. The van der Waals surface area contributed by atoms with Crippen molar-refractivity contribution in [2.24, 2.45) is 0 Å². The standard InChI is InChI=1S/C15H15BrFN/c1-2-12-9-13(16)5-8-15(12)18-10-11-3-6-14(17)7-4-11/h3-9,18H,2,10H2,1H3. The Labute approximate surface area is 115 Å². The van der Waals surface area contributed by atoms with Crippen LogP contribution < -0.4 is 5.32 Å². The highest BCUT2D eigenvalue weighted by Gasteiger charge is 2.01. The second-order valence-electron chi connectivity index (χ2n) is 4.14.